The standard InChI is InChI=1S/C15H15BrO4/c1-3-19-13(17)15(14(18)20-4-2)11-8-6-5-7-10(11)9-12(15)16/h5-9H,3-4H2,1-2H3. The van der Waals surface area contributed by atoms with Gasteiger partial charge in [0.2, 0.25) is 5.41 Å². The first kappa shape index (κ1) is 14.8. The molecule has 0 radical (unpaired) electrons. The number of rotatable bonds is 4. The van der Waals surface area contributed by atoms with Crippen molar-refractivity contribution in [1.82, 2.24) is 0 Å². The number of benzene rings is 1. The van der Waals surface area contributed by atoms with Crippen LogP contribution in [0.2, 0.25) is 0 Å². The van der Waals surface area contributed by atoms with Crippen molar-refractivity contribution in [2.75, 3.05) is 13.2 Å². The Kier molecular flexibility index (Phi) is 4.28. The molecule has 0 atom stereocenters. The van der Waals surface area contributed by atoms with E-state index in [1.165, 1.54) is 0 Å². The second kappa shape index (κ2) is 5.79. The van der Waals surface area contributed by atoms with Crippen LogP contribution >= 0.6 is 15.9 Å². The highest BCUT2D eigenvalue weighted by Gasteiger charge is 2.56. The minimum atomic E-state index is -1.54. The molecule has 0 saturated carbocycles. The van der Waals surface area contributed by atoms with Crippen molar-refractivity contribution in [3.63, 3.8) is 0 Å². The van der Waals surface area contributed by atoms with Crippen LogP contribution in [0.5, 0.6) is 0 Å². The molecule has 0 saturated heterocycles. The van der Waals surface area contributed by atoms with Crippen LogP contribution in [0.15, 0.2) is 28.7 Å². The summed E-state index contributed by atoms with van der Waals surface area (Å²) in [5.74, 6) is -1.24. The van der Waals surface area contributed by atoms with Gasteiger partial charge in [-0.05, 0) is 31.1 Å². The maximum absolute atomic E-state index is 12.5. The molecule has 1 aliphatic rings. The zero-order valence-corrected chi connectivity index (χ0v) is 12.9. The van der Waals surface area contributed by atoms with Gasteiger partial charge in [0.1, 0.15) is 0 Å². The molecule has 1 aromatic rings. The number of carbonyl (C=O) groups is 2. The van der Waals surface area contributed by atoms with Gasteiger partial charge in [0.05, 0.1) is 13.2 Å². The molecular weight excluding hydrogens is 324 g/mol. The molecule has 20 heavy (non-hydrogen) atoms. The first-order chi connectivity index (χ1) is 9.58. The van der Waals surface area contributed by atoms with E-state index < -0.39 is 17.4 Å². The Bertz CT molecular complexity index is 559. The van der Waals surface area contributed by atoms with Crippen molar-refractivity contribution in [3.05, 3.63) is 39.9 Å². The van der Waals surface area contributed by atoms with Gasteiger partial charge in [-0.1, -0.05) is 40.2 Å². The lowest BCUT2D eigenvalue weighted by molar-refractivity contribution is -0.161. The molecule has 0 spiro atoms. The van der Waals surface area contributed by atoms with E-state index in [0.717, 1.165) is 5.56 Å². The minimum Gasteiger partial charge on any atom is -0.465 e. The van der Waals surface area contributed by atoms with Crippen molar-refractivity contribution < 1.29 is 19.1 Å². The van der Waals surface area contributed by atoms with Crippen molar-refractivity contribution in [1.29, 1.82) is 0 Å². The predicted molar refractivity (Wildman–Crippen MR) is 78.3 cm³/mol. The van der Waals surface area contributed by atoms with Gasteiger partial charge >= 0.3 is 11.9 Å². The summed E-state index contributed by atoms with van der Waals surface area (Å²) in [5.41, 5.74) is -0.146. The average Bonchev–Trinajstić information content (AvgIpc) is 2.72. The molecule has 5 heteroatoms. The van der Waals surface area contributed by atoms with Gasteiger partial charge in [-0.2, -0.15) is 0 Å². The average molecular weight is 339 g/mol. The van der Waals surface area contributed by atoms with Gasteiger partial charge in [-0.25, -0.2) is 0 Å². The topological polar surface area (TPSA) is 52.6 Å². The van der Waals surface area contributed by atoms with Gasteiger partial charge in [0, 0.05) is 4.48 Å². The number of hydrogen-bond donors (Lipinski definition) is 0. The van der Waals surface area contributed by atoms with Gasteiger partial charge < -0.3 is 9.47 Å². The first-order valence-electron chi connectivity index (χ1n) is 6.40. The predicted octanol–water partition coefficient (Wildman–Crippen LogP) is 2.80. The SMILES string of the molecule is CCOC(=O)C1(C(=O)OCC)C(Br)=Cc2ccccc21. The molecule has 106 valence electrons. The lowest BCUT2D eigenvalue weighted by atomic mass is 9.82. The molecule has 4 nitrogen and oxygen atoms in total. The smallest absolute Gasteiger partial charge is 0.333 e. The molecule has 0 amide bonds. The van der Waals surface area contributed by atoms with E-state index in [0.29, 0.717) is 10.0 Å². The van der Waals surface area contributed by atoms with E-state index >= 15 is 0 Å². The Labute approximate surface area is 125 Å². The van der Waals surface area contributed by atoms with E-state index in [9.17, 15) is 9.59 Å². The summed E-state index contributed by atoms with van der Waals surface area (Å²) in [6, 6.07) is 7.22. The normalized spacial score (nSPS) is 15.2. The second-order valence-electron chi connectivity index (χ2n) is 4.27. The molecule has 1 aliphatic carbocycles. The third-order valence-electron chi connectivity index (χ3n) is 3.17. The molecule has 0 unspecified atom stereocenters. The molecular formula is C15H15BrO4. The fraction of sp³-hybridized carbons (Fsp3) is 0.333. The van der Waals surface area contributed by atoms with Crippen LogP contribution in [0.3, 0.4) is 0 Å². The monoisotopic (exact) mass is 338 g/mol. The summed E-state index contributed by atoms with van der Waals surface area (Å²) < 4.78 is 10.7. The van der Waals surface area contributed by atoms with E-state index in [2.05, 4.69) is 15.9 Å². The minimum absolute atomic E-state index is 0.197. The lowest BCUT2D eigenvalue weighted by Crippen LogP contribution is -2.45. The fourth-order valence-corrected chi connectivity index (χ4v) is 3.10. The number of carbonyl (C=O) groups excluding carboxylic acids is 2. The Morgan fingerprint density at radius 1 is 1.10 bits per heavy atom. The maximum atomic E-state index is 12.5. The van der Waals surface area contributed by atoms with E-state index in [-0.39, 0.29) is 13.2 Å². The highest BCUT2D eigenvalue weighted by atomic mass is 79.9. The van der Waals surface area contributed by atoms with Crippen molar-refractivity contribution in [3.8, 4) is 0 Å². The van der Waals surface area contributed by atoms with Gasteiger partial charge in [-0.15, -0.1) is 0 Å². The molecule has 0 aromatic heterocycles. The summed E-state index contributed by atoms with van der Waals surface area (Å²) >= 11 is 3.34. The van der Waals surface area contributed by atoms with Gasteiger partial charge in [-0.3, -0.25) is 9.59 Å². The summed E-state index contributed by atoms with van der Waals surface area (Å²) in [7, 11) is 0. The molecule has 0 fully saturated rings. The largest absolute Gasteiger partial charge is 0.465 e. The van der Waals surface area contributed by atoms with Crippen LogP contribution < -0.4 is 0 Å². The van der Waals surface area contributed by atoms with Crippen LogP contribution in [0.4, 0.5) is 0 Å². The highest BCUT2D eigenvalue weighted by molar-refractivity contribution is 9.12. The lowest BCUT2D eigenvalue weighted by Gasteiger charge is -2.26. The van der Waals surface area contributed by atoms with Crippen LogP contribution in [0.1, 0.15) is 25.0 Å². The third kappa shape index (κ3) is 2.06. The quantitative estimate of drug-likeness (QED) is 0.625. The van der Waals surface area contributed by atoms with Crippen LogP contribution in [0, 0.1) is 0 Å². The Hall–Kier alpha value is -1.62. The Balaban J connectivity index is 2.62. The summed E-state index contributed by atoms with van der Waals surface area (Å²) in [6.45, 7) is 3.80. The van der Waals surface area contributed by atoms with Crippen molar-refractivity contribution in [2.45, 2.75) is 19.3 Å². The number of fused-ring (bicyclic) bond motifs is 1. The van der Waals surface area contributed by atoms with Gasteiger partial charge in [0.15, 0.2) is 0 Å². The molecule has 1 aromatic carbocycles. The molecule has 0 aliphatic heterocycles. The van der Waals surface area contributed by atoms with E-state index in [4.69, 9.17) is 9.47 Å². The fourth-order valence-electron chi connectivity index (χ4n) is 2.31. The third-order valence-corrected chi connectivity index (χ3v) is 3.99. The number of hydrogen-bond acceptors (Lipinski definition) is 4. The van der Waals surface area contributed by atoms with Gasteiger partial charge in [0.25, 0.3) is 0 Å². The summed E-state index contributed by atoms with van der Waals surface area (Å²) in [6.07, 6.45) is 1.75. The molecule has 0 N–H and O–H groups in total. The van der Waals surface area contributed by atoms with E-state index in [1.54, 1.807) is 32.1 Å². The molecule has 0 bridgehead atoms. The number of ether oxygens (including phenoxy) is 2. The van der Waals surface area contributed by atoms with Crippen LogP contribution in [-0.2, 0) is 24.5 Å². The summed E-state index contributed by atoms with van der Waals surface area (Å²) in [4.78, 5) is 24.9. The number of esters is 2. The Morgan fingerprint density at radius 2 is 1.65 bits per heavy atom. The molecule has 0 heterocycles. The first-order valence-corrected chi connectivity index (χ1v) is 7.19. The molecule has 2 rings (SSSR count). The maximum Gasteiger partial charge on any atom is 0.333 e. The summed E-state index contributed by atoms with van der Waals surface area (Å²) in [5, 5.41) is 0. The van der Waals surface area contributed by atoms with E-state index in [1.807, 2.05) is 12.1 Å². The second-order valence-corrected chi connectivity index (χ2v) is 5.12. The zero-order valence-electron chi connectivity index (χ0n) is 11.3. The zero-order chi connectivity index (χ0) is 14.8. The van der Waals surface area contributed by atoms with Crippen molar-refractivity contribution in [2.24, 2.45) is 0 Å². The number of halogens is 1. The van der Waals surface area contributed by atoms with Crippen molar-refractivity contribution >= 4 is 33.9 Å². The van der Waals surface area contributed by atoms with Crippen LogP contribution in [0.25, 0.3) is 6.08 Å². The highest BCUT2D eigenvalue weighted by Crippen LogP contribution is 2.46. The van der Waals surface area contributed by atoms with Crippen LogP contribution in [-0.4, -0.2) is 25.2 Å². The Morgan fingerprint density at radius 3 is 2.20 bits per heavy atom.